The summed E-state index contributed by atoms with van der Waals surface area (Å²) in [5, 5.41) is 20.7. The van der Waals surface area contributed by atoms with Gasteiger partial charge in [-0.3, -0.25) is 9.98 Å². The van der Waals surface area contributed by atoms with Crippen LogP contribution >= 0.6 is 0 Å². The lowest BCUT2D eigenvalue weighted by Gasteiger charge is -2.08. The second-order valence-electron chi connectivity index (χ2n) is 9.02. The molecule has 0 unspecified atom stereocenters. The number of phenolic OH excluding ortho intramolecular Hbond substituents is 2. The van der Waals surface area contributed by atoms with E-state index in [0.717, 1.165) is 22.5 Å². The van der Waals surface area contributed by atoms with E-state index in [1.807, 2.05) is 60.7 Å². The van der Waals surface area contributed by atoms with Crippen molar-refractivity contribution in [1.29, 1.82) is 0 Å². The predicted molar refractivity (Wildman–Crippen MR) is 145 cm³/mol. The second kappa shape index (κ2) is 10.4. The Morgan fingerprint density at radius 3 is 1.37 bits per heavy atom. The van der Waals surface area contributed by atoms with Gasteiger partial charge in [-0.05, 0) is 116 Å². The number of hydrogen-bond acceptors (Lipinski definition) is 4. The molecule has 0 amide bonds. The normalized spacial score (nSPS) is 11.5. The average Bonchev–Trinajstić information content (AvgIpc) is 2.84. The van der Waals surface area contributed by atoms with Crippen molar-refractivity contribution in [1.82, 2.24) is 0 Å². The number of hydrogen-bond donors (Lipinski definition) is 2. The van der Waals surface area contributed by atoms with Gasteiger partial charge >= 0.3 is 0 Å². The molecule has 4 rings (SSSR count). The SMILES string of the molecule is Cc1ccc(N=Cc2cc(Cc3ccc(O)c(C=Nc4ccc(C)c(C)c4)c3)ccc2O)cc1C. The zero-order chi connectivity index (χ0) is 24.9. The molecule has 4 aromatic carbocycles. The quantitative estimate of drug-likeness (QED) is 0.293. The lowest BCUT2D eigenvalue weighted by Crippen LogP contribution is -1.93. The summed E-state index contributed by atoms with van der Waals surface area (Å²) < 4.78 is 0. The Morgan fingerprint density at radius 1 is 0.543 bits per heavy atom. The van der Waals surface area contributed by atoms with Crippen LogP contribution in [-0.2, 0) is 6.42 Å². The molecule has 0 heterocycles. The summed E-state index contributed by atoms with van der Waals surface area (Å²) in [5.41, 5.74) is 9.91. The first-order valence-electron chi connectivity index (χ1n) is 11.6. The summed E-state index contributed by atoms with van der Waals surface area (Å²) in [6, 6.07) is 23.2. The molecule has 0 aliphatic rings. The molecule has 0 aliphatic heterocycles. The topological polar surface area (TPSA) is 65.2 Å². The number of aryl methyl sites for hydroxylation is 4. The highest BCUT2D eigenvalue weighted by Gasteiger charge is 2.06. The lowest BCUT2D eigenvalue weighted by atomic mass is 10.0. The standard InChI is InChI=1S/C31H30N2O2/c1-20-5-9-28(13-22(20)3)32-18-26-16-24(7-11-30(26)34)15-25-8-12-31(35)27(17-25)19-33-29-10-6-21(2)23(4)14-29/h5-14,16-19,34-35H,15H2,1-4H3. The first kappa shape index (κ1) is 24.0. The van der Waals surface area contributed by atoms with Gasteiger partial charge in [-0.1, -0.05) is 24.3 Å². The van der Waals surface area contributed by atoms with Crippen molar-refractivity contribution in [3.8, 4) is 11.5 Å². The molecule has 0 bridgehead atoms. The van der Waals surface area contributed by atoms with Crippen molar-refractivity contribution in [3.63, 3.8) is 0 Å². The number of benzene rings is 4. The van der Waals surface area contributed by atoms with Crippen LogP contribution in [0.25, 0.3) is 0 Å². The van der Waals surface area contributed by atoms with Crippen LogP contribution in [0.3, 0.4) is 0 Å². The number of aromatic hydroxyl groups is 2. The van der Waals surface area contributed by atoms with Gasteiger partial charge in [0.15, 0.2) is 0 Å². The second-order valence-corrected chi connectivity index (χ2v) is 9.02. The predicted octanol–water partition coefficient (Wildman–Crippen LogP) is 7.42. The van der Waals surface area contributed by atoms with Gasteiger partial charge in [-0.25, -0.2) is 0 Å². The van der Waals surface area contributed by atoms with Crippen LogP contribution in [0.15, 0.2) is 82.8 Å². The summed E-state index contributed by atoms with van der Waals surface area (Å²) in [7, 11) is 0. The third kappa shape index (κ3) is 6.04. The Kier molecular flexibility index (Phi) is 7.11. The summed E-state index contributed by atoms with van der Waals surface area (Å²) in [6.45, 7) is 8.26. The highest BCUT2D eigenvalue weighted by atomic mass is 16.3. The highest BCUT2D eigenvalue weighted by Crippen LogP contribution is 2.24. The molecule has 35 heavy (non-hydrogen) atoms. The number of rotatable bonds is 6. The van der Waals surface area contributed by atoms with Crippen LogP contribution in [0, 0.1) is 27.7 Å². The van der Waals surface area contributed by atoms with Crippen LogP contribution in [0.2, 0.25) is 0 Å². The summed E-state index contributed by atoms with van der Waals surface area (Å²) in [5.74, 6) is 0.376. The maximum atomic E-state index is 10.3. The molecular weight excluding hydrogens is 432 g/mol. The monoisotopic (exact) mass is 462 g/mol. The van der Waals surface area contributed by atoms with E-state index in [9.17, 15) is 10.2 Å². The van der Waals surface area contributed by atoms with Gasteiger partial charge in [0.2, 0.25) is 0 Å². The zero-order valence-corrected chi connectivity index (χ0v) is 20.6. The van der Waals surface area contributed by atoms with Gasteiger partial charge in [-0.2, -0.15) is 0 Å². The third-order valence-corrected chi connectivity index (χ3v) is 6.28. The first-order chi connectivity index (χ1) is 16.8. The Hall–Kier alpha value is -4.18. The van der Waals surface area contributed by atoms with E-state index < -0.39 is 0 Å². The Morgan fingerprint density at radius 2 is 0.971 bits per heavy atom. The number of nitrogens with zero attached hydrogens (tertiary/aromatic N) is 2. The molecule has 4 heteroatoms. The average molecular weight is 463 g/mol. The zero-order valence-electron chi connectivity index (χ0n) is 20.6. The van der Waals surface area contributed by atoms with Crippen molar-refractivity contribution < 1.29 is 10.2 Å². The van der Waals surface area contributed by atoms with Crippen molar-refractivity contribution in [2.75, 3.05) is 0 Å². The minimum Gasteiger partial charge on any atom is -0.507 e. The molecule has 4 nitrogen and oxygen atoms in total. The van der Waals surface area contributed by atoms with Crippen LogP contribution in [0.5, 0.6) is 11.5 Å². The molecule has 0 atom stereocenters. The maximum absolute atomic E-state index is 10.3. The molecule has 0 spiro atoms. The van der Waals surface area contributed by atoms with Gasteiger partial charge < -0.3 is 10.2 Å². The molecule has 0 radical (unpaired) electrons. The fourth-order valence-electron chi connectivity index (χ4n) is 3.77. The highest BCUT2D eigenvalue weighted by molar-refractivity contribution is 5.86. The summed E-state index contributed by atoms with van der Waals surface area (Å²) in [6.07, 6.45) is 4.04. The smallest absolute Gasteiger partial charge is 0.124 e. The van der Waals surface area contributed by atoms with Crippen molar-refractivity contribution in [2.24, 2.45) is 9.98 Å². The van der Waals surface area contributed by atoms with Gasteiger partial charge in [0.25, 0.3) is 0 Å². The van der Waals surface area contributed by atoms with E-state index in [-0.39, 0.29) is 11.5 Å². The molecule has 0 saturated carbocycles. The Bertz CT molecular complexity index is 1330. The third-order valence-electron chi connectivity index (χ3n) is 6.28. The fraction of sp³-hybridized carbons (Fsp3) is 0.161. The van der Waals surface area contributed by atoms with Gasteiger partial charge in [0.1, 0.15) is 11.5 Å². The molecule has 0 saturated heterocycles. The van der Waals surface area contributed by atoms with E-state index in [1.165, 1.54) is 22.3 Å². The van der Waals surface area contributed by atoms with E-state index in [2.05, 4.69) is 37.7 Å². The molecule has 0 aliphatic carbocycles. The molecule has 2 N–H and O–H groups in total. The molecule has 0 fully saturated rings. The number of phenols is 2. The van der Waals surface area contributed by atoms with Crippen LogP contribution in [0.4, 0.5) is 11.4 Å². The van der Waals surface area contributed by atoms with E-state index in [0.29, 0.717) is 17.5 Å². The first-order valence-corrected chi connectivity index (χ1v) is 11.6. The van der Waals surface area contributed by atoms with Gasteiger partial charge in [0, 0.05) is 23.6 Å². The largest absolute Gasteiger partial charge is 0.507 e. The van der Waals surface area contributed by atoms with Gasteiger partial charge in [0.05, 0.1) is 11.4 Å². The summed E-state index contributed by atoms with van der Waals surface area (Å²) >= 11 is 0. The summed E-state index contributed by atoms with van der Waals surface area (Å²) in [4.78, 5) is 9.08. The van der Waals surface area contributed by atoms with Crippen molar-refractivity contribution >= 4 is 23.8 Å². The van der Waals surface area contributed by atoms with E-state index in [1.54, 1.807) is 24.6 Å². The lowest BCUT2D eigenvalue weighted by molar-refractivity contribution is 0.474. The Labute approximate surface area is 207 Å². The van der Waals surface area contributed by atoms with Crippen molar-refractivity contribution in [2.45, 2.75) is 34.1 Å². The Balaban J connectivity index is 1.54. The van der Waals surface area contributed by atoms with Crippen molar-refractivity contribution in [3.05, 3.63) is 117 Å². The fourth-order valence-corrected chi connectivity index (χ4v) is 3.77. The van der Waals surface area contributed by atoms with Crippen LogP contribution in [0.1, 0.15) is 44.5 Å². The van der Waals surface area contributed by atoms with Crippen LogP contribution < -0.4 is 0 Å². The molecule has 4 aromatic rings. The molecular formula is C31H30N2O2. The van der Waals surface area contributed by atoms with Gasteiger partial charge in [-0.15, -0.1) is 0 Å². The maximum Gasteiger partial charge on any atom is 0.124 e. The van der Waals surface area contributed by atoms with E-state index >= 15 is 0 Å². The minimum atomic E-state index is 0.188. The molecule has 0 aromatic heterocycles. The minimum absolute atomic E-state index is 0.188. The van der Waals surface area contributed by atoms with E-state index in [4.69, 9.17) is 0 Å². The molecule has 176 valence electrons. The van der Waals surface area contributed by atoms with Crippen LogP contribution in [-0.4, -0.2) is 22.6 Å². The number of aliphatic imine (C=N–C) groups is 2.